The standard InChI is InChI=1S/C8H9BF2O3.C2H6/c1-4-3-5(10)6(9(12)13)7(11)8(4)14-2;1-2/h3,12-13H,1-2H3;1-2H3. The molecule has 1 rings (SSSR count). The van der Waals surface area contributed by atoms with E-state index in [1.165, 1.54) is 14.0 Å². The zero-order valence-electron chi connectivity index (χ0n) is 9.71. The fraction of sp³-hybridized carbons (Fsp3) is 0.400. The van der Waals surface area contributed by atoms with E-state index in [4.69, 9.17) is 10.0 Å². The highest BCUT2D eigenvalue weighted by molar-refractivity contribution is 6.58. The van der Waals surface area contributed by atoms with Crippen molar-refractivity contribution in [1.29, 1.82) is 0 Å². The summed E-state index contributed by atoms with van der Waals surface area (Å²) in [6, 6.07) is 0.983. The third-order valence-electron chi connectivity index (χ3n) is 1.86. The van der Waals surface area contributed by atoms with Crippen molar-refractivity contribution >= 4 is 12.6 Å². The first-order valence-corrected chi connectivity index (χ1v) is 4.87. The molecule has 0 spiro atoms. The summed E-state index contributed by atoms with van der Waals surface area (Å²) in [7, 11) is -0.971. The Kier molecular flexibility index (Phi) is 5.99. The van der Waals surface area contributed by atoms with Gasteiger partial charge in [-0.05, 0) is 18.6 Å². The van der Waals surface area contributed by atoms with Gasteiger partial charge in [-0.1, -0.05) is 13.8 Å². The first kappa shape index (κ1) is 14.9. The number of aryl methyl sites for hydroxylation is 1. The molecule has 0 heterocycles. The minimum atomic E-state index is -2.19. The summed E-state index contributed by atoms with van der Waals surface area (Å²) in [5, 5.41) is 17.4. The maximum atomic E-state index is 13.4. The fourth-order valence-corrected chi connectivity index (χ4v) is 1.22. The van der Waals surface area contributed by atoms with E-state index in [0.717, 1.165) is 6.07 Å². The van der Waals surface area contributed by atoms with E-state index >= 15 is 0 Å². The highest BCUT2D eigenvalue weighted by atomic mass is 19.1. The lowest BCUT2D eigenvalue weighted by molar-refractivity contribution is 0.378. The molecule has 6 heteroatoms. The Balaban J connectivity index is 0.00000106. The van der Waals surface area contributed by atoms with Crippen molar-refractivity contribution in [2.24, 2.45) is 0 Å². The Morgan fingerprint density at radius 3 is 2.12 bits per heavy atom. The summed E-state index contributed by atoms with van der Waals surface area (Å²) in [5.74, 6) is -2.27. The lowest BCUT2D eigenvalue weighted by Gasteiger charge is -2.10. The number of methoxy groups -OCH3 is 1. The van der Waals surface area contributed by atoms with Gasteiger partial charge in [-0.2, -0.15) is 0 Å². The summed E-state index contributed by atoms with van der Waals surface area (Å²) in [6.07, 6.45) is 0. The van der Waals surface area contributed by atoms with Gasteiger partial charge >= 0.3 is 7.12 Å². The molecule has 90 valence electrons. The third kappa shape index (κ3) is 2.93. The molecular formula is C10H15BF2O3. The molecule has 0 aliphatic carbocycles. The third-order valence-corrected chi connectivity index (χ3v) is 1.86. The van der Waals surface area contributed by atoms with Crippen LogP contribution in [0.4, 0.5) is 8.78 Å². The van der Waals surface area contributed by atoms with Gasteiger partial charge in [0.2, 0.25) is 0 Å². The van der Waals surface area contributed by atoms with Gasteiger partial charge in [0, 0.05) is 0 Å². The summed E-state index contributed by atoms with van der Waals surface area (Å²) in [5.41, 5.74) is -0.542. The van der Waals surface area contributed by atoms with Crippen LogP contribution in [0.25, 0.3) is 0 Å². The molecule has 0 unspecified atom stereocenters. The maximum absolute atomic E-state index is 13.4. The predicted molar refractivity (Wildman–Crippen MR) is 58.8 cm³/mol. The van der Waals surface area contributed by atoms with Crippen molar-refractivity contribution in [3.63, 3.8) is 0 Å². The zero-order valence-corrected chi connectivity index (χ0v) is 9.71. The number of ether oxygens (including phenoxy) is 1. The van der Waals surface area contributed by atoms with Crippen molar-refractivity contribution in [2.75, 3.05) is 7.11 Å². The number of rotatable bonds is 2. The average molecular weight is 232 g/mol. The second-order valence-electron chi connectivity index (χ2n) is 2.81. The molecule has 0 radical (unpaired) electrons. The number of hydrogen-bond acceptors (Lipinski definition) is 3. The molecule has 1 aromatic rings. The topological polar surface area (TPSA) is 49.7 Å². The summed E-state index contributed by atoms with van der Waals surface area (Å²) in [6.45, 7) is 5.46. The van der Waals surface area contributed by atoms with Crippen LogP contribution in [-0.4, -0.2) is 24.3 Å². The highest BCUT2D eigenvalue weighted by Crippen LogP contribution is 2.21. The molecule has 1 aromatic carbocycles. The van der Waals surface area contributed by atoms with E-state index in [1.807, 2.05) is 13.8 Å². The summed E-state index contributed by atoms with van der Waals surface area (Å²) in [4.78, 5) is 0. The summed E-state index contributed by atoms with van der Waals surface area (Å²) < 4.78 is 31.1. The first-order chi connectivity index (χ1) is 7.49. The highest BCUT2D eigenvalue weighted by Gasteiger charge is 2.25. The molecule has 0 saturated heterocycles. The summed E-state index contributed by atoms with van der Waals surface area (Å²) >= 11 is 0. The van der Waals surface area contributed by atoms with E-state index < -0.39 is 24.2 Å². The molecule has 0 amide bonds. The van der Waals surface area contributed by atoms with Crippen LogP contribution in [0.1, 0.15) is 19.4 Å². The van der Waals surface area contributed by atoms with Gasteiger partial charge in [0.15, 0.2) is 11.6 Å². The van der Waals surface area contributed by atoms with Crippen LogP contribution in [0.3, 0.4) is 0 Å². The van der Waals surface area contributed by atoms with Crippen molar-refractivity contribution in [1.82, 2.24) is 0 Å². The second kappa shape index (κ2) is 6.45. The van der Waals surface area contributed by atoms with Crippen LogP contribution in [0, 0.1) is 18.6 Å². The van der Waals surface area contributed by atoms with Crippen molar-refractivity contribution in [3.05, 3.63) is 23.3 Å². The van der Waals surface area contributed by atoms with Crippen LogP contribution >= 0.6 is 0 Å². The minimum absolute atomic E-state index is 0.186. The molecule has 0 aliphatic rings. The van der Waals surface area contributed by atoms with E-state index in [1.54, 1.807) is 0 Å². The SMILES string of the molecule is CC.COc1c(C)cc(F)c(B(O)O)c1F. The number of benzene rings is 1. The smallest absolute Gasteiger partial charge is 0.493 e. The molecule has 0 bridgehead atoms. The Morgan fingerprint density at radius 1 is 1.25 bits per heavy atom. The Labute approximate surface area is 93.8 Å². The van der Waals surface area contributed by atoms with E-state index in [-0.39, 0.29) is 11.3 Å². The quantitative estimate of drug-likeness (QED) is 0.747. The van der Waals surface area contributed by atoms with Gasteiger partial charge < -0.3 is 14.8 Å². The fourth-order valence-electron chi connectivity index (χ4n) is 1.22. The van der Waals surface area contributed by atoms with Gasteiger partial charge in [-0.25, -0.2) is 8.78 Å². The molecule has 2 N–H and O–H groups in total. The van der Waals surface area contributed by atoms with Crippen molar-refractivity contribution in [2.45, 2.75) is 20.8 Å². The average Bonchev–Trinajstić information content (AvgIpc) is 2.19. The van der Waals surface area contributed by atoms with Crippen LogP contribution in [0.2, 0.25) is 0 Å². The Hall–Kier alpha value is -1.14. The normalized spacial score (nSPS) is 9.25. The van der Waals surface area contributed by atoms with E-state index in [2.05, 4.69) is 4.74 Å². The lowest BCUT2D eigenvalue weighted by Crippen LogP contribution is -2.36. The molecule has 3 nitrogen and oxygen atoms in total. The molecule has 0 saturated carbocycles. The van der Waals surface area contributed by atoms with Crippen LogP contribution in [0.15, 0.2) is 6.07 Å². The van der Waals surface area contributed by atoms with E-state index in [0.29, 0.717) is 0 Å². The van der Waals surface area contributed by atoms with Gasteiger partial charge in [-0.15, -0.1) is 0 Å². The maximum Gasteiger partial charge on any atom is 0.494 e. The van der Waals surface area contributed by atoms with Crippen molar-refractivity contribution < 1.29 is 23.6 Å². The molecule has 16 heavy (non-hydrogen) atoms. The minimum Gasteiger partial charge on any atom is -0.493 e. The van der Waals surface area contributed by atoms with Crippen LogP contribution in [0.5, 0.6) is 5.75 Å². The number of hydrogen-bond donors (Lipinski definition) is 2. The van der Waals surface area contributed by atoms with Gasteiger partial charge in [0.05, 0.1) is 12.6 Å². The molecule has 0 atom stereocenters. The lowest BCUT2D eigenvalue weighted by atomic mass is 9.78. The predicted octanol–water partition coefficient (Wildman–Crippen LogP) is 0.988. The molecule has 0 fully saturated rings. The zero-order chi connectivity index (χ0) is 12.9. The first-order valence-electron chi connectivity index (χ1n) is 4.87. The van der Waals surface area contributed by atoms with Crippen LogP contribution in [-0.2, 0) is 0 Å². The van der Waals surface area contributed by atoms with E-state index in [9.17, 15) is 8.78 Å². The van der Waals surface area contributed by atoms with Gasteiger partial charge in [0.25, 0.3) is 0 Å². The molecule has 0 aromatic heterocycles. The monoisotopic (exact) mass is 232 g/mol. The second-order valence-corrected chi connectivity index (χ2v) is 2.81. The Bertz CT molecular complexity index is 356. The largest absolute Gasteiger partial charge is 0.494 e. The molecular weight excluding hydrogens is 217 g/mol. The van der Waals surface area contributed by atoms with Crippen molar-refractivity contribution in [3.8, 4) is 5.75 Å². The van der Waals surface area contributed by atoms with Gasteiger partial charge in [-0.3, -0.25) is 0 Å². The molecule has 0 aliphatic heterocycles. The number of halogens is 2. The van der Waals surface area contributed by atoms with Crippen LogP contribution < -0.4 is 10.2 Å². The Morgan fingerprint density at radius 2 is 1.75 bits per heavy atom. The van der Waals surface area contributed by atoms with Gasteiger partial charge in [0.1, 0.15) is 5.82 Å².